The smallest absolute Gasteiger partial charge is 0.0704 e. The second kappa shape index (κ2) is 5.87. The molecule has 1 aliphatic rings. The van der Waals surface area contributed by atoms with E-state index >= 15 is 0 Å². The van der Waals surface area contributed by atoms with Crippen molar-refractivity contribution in [2.24, 2.45) is 5.41 Å². The number of benzene rings is 1. The van der Waals surface area contributed by atoms with Crippen LogP contribution in [0.15, 0.2) is 36.5 Å². The summed E-state index contributed by atoms with van der Waals surface area (Å²) in [5.41, 5.74) is 6.95. The Morgan fingerprint density at radius 2 is 1.73 bits per heavy atom. The van der Waals surface area contributed by atoms with Gasteiger partial charge in [-0.1, -0.05) is 32.0 Å². The van der Waals surface area contributed by atoms with Crippen LogP contribution in [-0.4, -0.2) is 4.98 Å². The maximum absolute atomic E-state index is 4.62. The second-order valence-corrected chi connectivity index (χ2v) is 7.72. The standard InChI is InChI=1S/C21H27N/c1-15-12-20(22-14-16(15)2)19-7-5-6-18(13-19)17-8-10-21(3,4)11-9-17/h5-7,12-14,17H,8-11H2,1-4H3. The van der Waals surface area contributed by atoms with E-state index < -0.39 is 0 Å². The molecule has 0 unspecified atom stereocenters. The van der Waals surface area contributed by atoms with Gasteiger partial charge in [-0.05, 0) is 79.7 Å². The molecular weight excluding hydrogens is 266 g/mol. The van der Waals surface area contributed by atoms with Gasteiger partial charge in [0.2, 0.25) is 0 Å². The van der Waals surface area contributed by atoms with Crippen LogP contribution in [0.2, 0.25) is 0 Å². The quantitative estimate of drug-likeness (QED) is 0.657. The van der Waals surface area contributed by atoms with Crippen LogP contribution in [0.5, 0.6) is 0 Å². The zero-order valence-corrected chi connectivity index (χ0v) is 14.3. The van der Waals surface area contributed by atoms with Gasteiger partial charge >= 0.3 is 0 Å². The minimum atomic E-state index is 0.531. The minimum absolute atomic E-state index is 0.531. The topological polar surface area (TPSA) is 12.9 Å². The Balaban J connectivity index is 1.85. The number of aromatic nitrogens is 1. The predicted molar refractivity (Wildman–Crippen MR) is 94.1 cm³/mol. The van der Waals surface area contributed by atoms with E-state index in [1.165, 1.54) is 47.9 Å². The summed E-state index contributed by atoms with van der Waals surface area (Å²) in [6, 6.07) is 11.3. The van der Waals surface area contributed by atoms with Crippen LogP contribution in [0, 0.1) is 19.3 Å². The third-order valence-corrected chi connectivity index (χ3v) is 5.37. The lowest BCUT2D eigenvalue weighted by Crippen LogP contribution is -2.20. The fourth-order valence-electron chi connectivity index (χ4n) is 3.47. The highest BCUT2D eigenvalue weighted by Crippen LogP contribution is 2.42. The number of hydrogen-bond donors (Lipinski definition) is 0. The van der Waals surface area contributed by atoms with E-state index in [2.05, 4.69) is 63.0 Å². The van der Waals surface area contributed by atoms with Crippen molar-refractivity contribution < 1.29 is 0 Å². The van der Waals surface area contributed by atoms with Gasteiger partial charge in [0.1, 0.15) is 0 Å². The van der Waals surface area contributed by atoms with E-state index in [4.69, 9.17) is 0 Å². The Hall–Kier alpha value is -1.63. The molecule has 1 aromatic heterocycles. The average molecular weight is 293 g/mol. The molecule has 0 aliphatic heterocycles. The van der Waals surface area contributed by atoms with Crippen molar-refractivity contribution in [1.29, 1.82) is 0 Å². The molecule has 1 heterocycles. The van der Waals surface area contributed by atoms with Crippen molar-refractivity contribution in [2.45, 2.75) is 59.3 Å². The highest BCUT2D eigenvalue weighted by Gasteiger charge is 2.27. The molecule has 0 spiro atoms. The zero-order valence-electron chi connectivity index (χ0n) is 14.3. The molecule has 22 heavy (non-hydrogen) atoms. The van der Waals surface area contributed by atoms with E-state index in [0.717, 1.165) is 11.6 Å². The van der Waals surface area contributed by atoms with Crippen LogP contribution in [0.4, 0.5) is 0 Å². The van der Waals surface area contributed by atoms with E-state index in [-0.39, 0.29) is 0 Å². The van der Waals surface area contributed by atoms with Gasteiger partial charge in [-0.25, -0.2) is 0 Å². The van der Waals surface area contributed by atoms with Gasteiger partial charge in [0.25, 0.3) is 0 Å². The first kappa shape index (κ1) is 15.3. The van der Waals surface area contributed by atoms with Crippen molar-refractivity contribution in [3.63, 3.8) is 0 Å². The fourth-order valence-corrected chi connectivity index (χ4v) is 3.47. The van der Waals surface area contributed by atoms with Gasteiger partial charge in [-0.15, -0.1) is 0 Å². The van der Waals surface area contributed by atoms with Gasteiger partial charge in [0.15, 0.2) is 0 Å². The summed E-state index contributed by atoms with van der Waals surface area (Å²) in [5, 5.41) is 0. The molecular formula is C21H27N. The number of rotatable bonds is 2. The molecule has 1 saturated carbocycles. The number of pyridine rings is 1. The Kier molecular flexibility index (Phi) is 4.08. The molecule has 1 fully saturated rings. The van der Waals surface area contributed by atoms with E-state index in [9.17, 15) is 0 Å². The SMILES string of the molecule is Cc1cnc(-c2cccc(C3CCC(C)(C)CC3)c2)cc1C. The van der Waals surface area contributed by atoms with Crippen LogP contribution >= 0.6 is 0 Å². The Bertz CT molecular complexity index is 659. The van der Waals surface area contributed by atoms with E-state index in [0.29, 0.717) is 5.41 Å². The van der Waals surface area contributed by atoms with Gasteiger partial charge in [0, 0.05) is 11.8 Å². The minimum Gasteiger partial charge on any atom is -0.256 e. The molecule has 1 aliphatic carbocycles. The molecule has 2 aromatic rings. The van der Waals surface area contributed by atoms with Crippen molar-refractivity contribution in [2.75, 3.05) is 0 Å². The third kappa shape index (κ3) is 3.24. The van der Waals surface area contributed by atoms with Crippen LogP contribution in [0.1, 0.15) is 62.1 Å². The maximum Gasteiger partial charge on any atom is 0.0704 e. The Labute approximate surface area is 134 Å². The number of nitrogens with zero attached hydrogens (tertiary/aromatic N) is 1. The van der Waals surface area contributed by atoms with Crippen LogP contribution < -0.4 is 0 Å². The summed E-state index contributed by atoms with van der Waals surface area (Å²) in [7, 11) is 0. The summed E-state index contributed by atoms with van der Waals surface area (Å²) in [5.74, 6) is 0.722. The van der Waals surface area contributed by atoms with Crippen LogP contribution in [0.3, 0.4) is 0 Å². The molecule has 3 rings (SSSR count). The summed E-state index contributed by atoms with van der Waals surface area (Å²) < 4.78 is 0. The monoisotopic (exact) mass is 293 g/mol. The average Bonchev–Trinajstić information content (AvgIpc) is 2.50. The van der Waals surface area contributed by atoms with Crippen LogP contribution in [-0.2, 0) is 0 Å². The molecule has 0 atom stereocenters. The van der Waals surface area contributed by atoms with Crippen molar-refractivity contribution >= 4 is 0 Å². The van der Waals surface area contributed by atoms with Gasteiger partial charge in [-0.3, -0.25) is 4.98 Å². The number of hydrogen-bond acceptors (Lipinski definition) is 1. The summed E-state index contributed by atoms with van der Waals surface area (Å²) in [6.07, 6.45) is 7.29. The van der Waals surface area contributed by atoms with E-state index in [1.807, 2.05) is 6.20 Å². The first-order chi connectivity index (χ1) is 10.4. The lowest BCUT2D eigenvalue weighted by atomic mass is 9.71. The Morgan fingerprint density at radius 1 is 1.00 bits per heavy atom. The highest BCUT2D eigenvalue weighted by atomic mass is 14.7. The summed E-state index contributed by atoms with van der Waals surface area (Å²) >= 11 is 0. The molecule has 0 amide bonds. The summed E-state index contributed by atoms with van der Waals surface area (Å²) in [4.78, 5) is 4.62. The first-order valence-corrected chi connectivity index (χ1v) is 8.48. The lowest BCUT2D eigenvalue weighted by Gasteiger charge is -2.34. The zero-order chi connectivity index (χ0) is 15.7. The molecule has 1 aromatic carbocycles. The molecule has 0 radical (unpaired) electrons. The van der Waals surface area contributed by atoms with E-state index in [1.54, 1.807) is 0 Å². The molecule has 1 heteroatoms. The van der Waals surface area contributed by atoms with Crippen LogP contribution in [0.25, 0.3) is 11.3 Å². The predicted octanol–water partition coefficient (Wildman–Crippen LogP) is 6.05. The van der Waals surface area contributed by atoms with Gasteiger partial charge < -0.3 is 0 Å². The largest absolute Gasteiger partial charge is 0.256 e. The Morgan fingerprint density at radius 3 is 2.41 bits per heavy atom. The second-order valence-electron chi connectivity index (χ2n) is 7.72. The van der Waals surface area contributed by atoms with Crippen molar-refractivity contribution in [3.05, 3.63) is 53.2 Å². The van der Waals surface area contributed by atoms with Gasteiger partial charge in [0.05, 0.1) is 5.69 Å². The maximum atomic E-state index is 4.62. The molecule has 0 bridgehead atoms. The molecule has 0 saturated heterocycles. The normalized spacial score (nSPS) is 18.4. The lowest BCUT2D eigenvalue weighted by molar-refractivity contribution is 0.224. The molecule has 0 N–H and O–H groups in total. The molecule has 116 valence electrons. The molecule has 1 nitrogen and oxygen atoms in total. The summed E-state index contributed by atoms with van der Waals surface area (Å²) in [6.45, 7) is 9.08. The van der Waals surface area contributed by atoms with Crippen molar-refractivity contribution in [3.8, 4) is 11.3 Å². The first-order valence-electron chi connectivity index (χ1n) is 8.48. The van der Waals surface area contributed by atoms with Crippen molar-refractivity contribution in [1.82, 2.24) is 4.98 Å². The highest BCUT2D eigenvalue weighted by molar-refractivity contribution is 5.61. The third-order valence-electron chi connectivity index (χ3n) is 5.37. The number of aryl methyl sites for hydroxylation is 2. The fraction of sp³-hybridized carbons (Fsp3) is 0.476. The van der Waals surface area contributed by atoms with Gasteiger partial charge in [-0.2, -0.15) is 0 Å².